The molecule has 25 heavy (non-hydrogen) atoms. The minimum Gasteiger partial charge on any atom is -0.292 e. The van der Waals surface area contributed by atoms with E-state index < -0.39 is 0 Å². The maximum absolute atomic E-state index is 4.28. The third-order valence-electron chi connectivity index (χ3n) is 5.15. The highest BCUT2D eigenvalue weighted by atomic mass is 15.2. The second-order valence-corrected chi connectivity index (χ2v) is 6.86. The minimum absolute atomic E-state index is 0.644. The maximum atomic E-state index is 4.28. The van der Waals surface area contributed by atoms with Crippen LogP contribution in [0.15, 0.2) is 78.7 Å². The van der Waals surface area contributed by atoms with E-state index in [4.69, 9.17) is 0 Å². The highest BCUT2D eigenvalue weighted by molar-refractivity contribution is 5.23. The van der Waals surface area contributed by atoms with E-state index in [-0.39, 0.29) is 0 Å². The van der Waals surface area contributed by atoms with Crippen molar-refractivity contribution in [3.05, 3.63) is 89.8 Å². The van der Waals surface area contributed by atoms with E-state index in [0.717, 1.165) is 13.1 Å². The van der Waals surface area contributed by atoms with Crippen LogP contribution in [-0.4, -0.2) is 22.5 Å². The summed E-state index contributed by atoms with van der Waals surface area (Å²) in [6.07, 6.45) is 12.9. The van der Waals surface area contributed by atoms with Crippen molar-refractivity contribution in [1.82, 2.24) is 9.88 Å². The Hall–Kier alpha value is -2.19. The molecule has 0 saturated heterocycles. The second-order valence-electron chi connectivity index (χ2n) is 6.86. The van der Waals surface area contributed by atoms with Crippen LogP contribution >= 0.6 is 0 Å². The van der Waals surface area contributed by atoms with Crippen LogP contribution in [0.1, 0.15) is 43.7 Å². The van der Waals surface area contributed by atoms with Gasteiger partial charge >= 0.3 is 0 Å². The lowest BCUT2D eigenvalue weighted by molar-refractivity contribution is 0.112. The summed E-state index contributed by atoms with van der Waals surface area (Å²) in [4.78, 5) is 6.92. The van der Waals surface area contributed by atoms with Gasteiger partial charge in [0, 0.05) is 31.5 Å². The molecule has 1 fully saturated rings. The number of rotatable bonds is 7. The molecule has 130 valence electrons. The van der Waals surface area contributed by atoms with Gasteiger partial charge in [0.1, 0.15) is 0 Å². The average Bonchev–Trinajstić information content (AvgIpc) is 2.61. The lowest BCUT2D eigenvalue weighted by Gasteiger charge is -2.43. The Morgan fingerprint density at radius 2 is 1.92 bits per heavy atom. The van der Waals surface area contributed by atoms with Crippen molar-refractivity contribution in [3.8, 4) is 0 Å². The Morgan fingerprint density at radius 1 is 1.12 bits per heavy atom. The highest BCUT2D eigenvalue weighted by Gasteiger charge is 2.34. The van der Waals surface area contributed by atoms with Crippen LogP contribution in [0.25, 0.3) is 0 Å². The van der Waals surface area contributed by atoms with Gasteiger partial charge in [-0.25, -0.2) is 0 Å². The quantitative estimate of drug-likeness (QED) is 0.635. The van der Waals surface area contributed by atoms with Crippen molar-refractivity contribution < 1.29 is 0 Å². The van der Waals surface area contributed by atoms with Gasteiger partial charge in [0.2, 0.25) is 0 Å². The van der Waals surface area contributed by atoms with E-state index in [1.807, 2.05) is 18.5 Å². The van der Waals surface area contributed by atoms with Crippen LogP contribution in [0.5, 0.6) is 0 Å². The summed E-state index contributed by atoms with van der Waals surface area (Å²) >= 11 is 0. The van der Waals surface area contributed by atoms with Gasteiger partial charge in [0.15, 0.2) is 0 Å². The van der Waals surface area contributed by atoms with Crippen molar-refractivity contribution in [2.24, 2.45) is 0 Å². The zero-order valence-electron chi connectivity index (χ0n) is 15.3. The number of nitrogens with zero attached hydrogens (tertiary/aromatic N) is 2. The summed E-state index contributed by atoms with van der Waals surface area (Å²) in [5.74, 6) is 0.660. The Bertz CT molecular complexity index is 697. The van der Waals surface area contributed by atoms with Crippen LogP contribution < -0.4 is 0 Å². The predicted octanol–water partition coefficient (Wildman–Crippen LogP) is 5.35. The molecule has 0 bridgehead atoms. The molecule has 0 spiro atoms. The van der Waals surface area contributed by atoms with Gasteiger partial charge in [-0.2, -0.15) is 0 Å². The number of hydrogen-bond donors (Lipinski definition) is 0. The molecule has 2 aromatic rings. The number of pyridine rings is 1. The molecule has 1 aliphatic rings. The molecule has 1 aliphatic carbocycles. The Morgan fingerprint density at radius 3 is 2.56 bits per heavy atom. The number of allylic oxidation sites excluding steroid dienone is 2. The zero-order valence-corrected chi connectivity index (χ0v) is 15.3. The Kier molecular flexibility index (Phi) is 6.19. The van der Waals surface area contributed by atoms with Gasteiger partial charge in [-0.05, 0) is 55.4 Å². The lowest BCUT2D eigenvalue weighted by Crippen LogP contribution is -2.44. The molecule has 1 heterocycles. The summed E-state index contributed by atoms with van der Waals surface area (Å²) in [6, 6.07) is 15.7. The second kappa shape index (κ2) is 8.77. The summed E-state index contributed by atoms with van der Waals surface area (Å²) in [7, 11) is 0. The van der Waals surface area contributed by atoms with E-state index in [2.05, 4.69) is 78.4 Å². The van der Waals surface area contributed by atoms with Gasteiger partial charge < -0.3 is 0 Å². The molecular weight excluding hydrogens is 304 g/mol. The molecular formula is C23H28N2. The molecule has 0 atom stereocenters. The van der Waals surface area contributed by atoms with E-state index in [9.17, 15) is 0 Å². The van der Waals surface area contributed by atoms with Crippen molar-refractivity contribution in [3.63, 3.8) is 0 Å². The monoisotopic (exact) mass is 332 g/mol. The molecule has 2 nitrogen and oxygen atoms in total. The molecule has 0 amide bonds. The lowest BCUT2D eigenvalue weighted by atomic mass is 9.75. The summed E-state index contributed by atoms with van der Waals surface area (Å²) in [6.45, 7) is 6.25. The van der Waals surface area contributed by atoms with Gasteiger partial charge in [0.05, 0.1) is 0 Å². The van der Waals surface area contributed by atoms with Gasteiger partial charge in [0.25, 0.3) is 0 Å². The van der Waals surface area contributed by atoms with Crippen LogP contribution in [-0.2, 0) is 6.54 Å². The number of aromatic nitrogens is 1. The Balaban J connectivity index is 1.68. The zero-order chi connectivity index (χ0) is 17.5. The fraction of sp³-hybridized carbons (Fsp3) is 0.348. The fourth-order valence-corrected chi connectivity index (χ4v) is 3.60. The summed E-state index contributed by atoms with van der Waals surface area (Å²) in [5, 5.41) is 0. The van der Waals surface area contributed by atoms with Crippen LogP contribution in [0, 0.1) is 0 Å². The molecule has 1 saturated carbocycles. The summed E-state index contributed by atoms with van der Waals surface area (Å²) in [5.41, 5.74) is 4.17. The van der Waals surface area contributed by atoms with E-state index >= 15 is 0 Å². The first-order valence-corrected chi connectivity index (χ1v) is 9.26. The number of benzene rings is 1. The van der Waals surface area contributed by atoms with Crippen molar-refractivity contribution in [2.75, 3.05) is 6.54 Å². The van der Waals surface area contributed by atoms with Crippen LogP contribution in [0.2, 0.25) is 0 Å². The SMILES string of the molecule is C/C=C\C(=C/C)CN(Cc1ccccc1)C1CC(c2cccnc2)C1. The summed E-state index contributed by atoms with van der Waals surface area (Å²) < 4.78 is 0. The number of hydrogen-bond acceptors (Lipinski definition) is 2. The molecule has 1 aromatic heterocycles. The standard InChI is InChI=1S/C23H28N2/c1-3-9-19(4-2)17-25(18-20-10-6-5-7-11-20)23-14-22(15-23)21-12-8-13-24-16-21/h3-13,16,22-23H,14-15,17-18H2,1-2H3/b9-3-,19-4+. The predicted molar refractivity (Wildman–Crippen MR) is 105 cm³/mol. The van der Waals surface area contributed by atoms with Crippen molar-refractivity contribution in [1.29, 1.82) is 0 Å². The first kappa shape index (κ1) is 17.6. The molecule has 0 radical (unpaired) electrons. The smallest absolute Gasteiger partial charge is 0.0302 e. The van der Waals surface area contributed by atoms with Gasteiger partial charge in [-0.3, -0.25) is 9.88 Å². The van der Waals surface area contributed by atoms with Gasteiger partial charge in [-0.1, -0.05) is 54.6 Å². The van der Waals surface area contributed by atoms with Crippen LogP contribution in [0.4, 0.5) is 0 Å². The van der Waals surface area contributed by atoms with E-state index in [1.54, 1.807) is 0 Å². The first-order chi connectivity index (χ1) is 12.3. The van der Waals surface area contributed by atoms with E-state index in [0.29, 0.717) is 12.0 Å². The molecule has 2 heteroatoms. The van der Waals surface area contributed by atoms with Crippen molar-refractivity contribution >= 4 is 0 Å². The van der Waals surface area contributed by atoms with Crippen molar-refractivity contribution in [2.45, 2.75) is 45.2 Å². The molecule has 0 N–H and O–H groups in total. The molecule has 1 aromatic carbocycles. The average molecular weight is 332 g/mol. The topological polar surface area (TPSA) is 16.1 Å². The Labute approximate surface area is 151 Å². The highest BCUT2D eigenvalue weighted by Crippen LogP contribution is 2.40. The largest absolute Gasteiger partial charge is 0.292 e. The van der Waals surface area contributed by atoms with Crippen LogP contribution in [0.3, 0.4) is 0 Å². The normalized spacial score (nSPS) is 20.8. The molecule has 0 aliphatic heterocycles. The minimum atomic E-state index is 0.644. The van der Waals surface area contributed by atoms with E-state index in [1.165, 1.54) is 29.5 Å². The third-order valence-corrected chi connectivity index (χ3v) is 5.15. The molecule has 0 unspecified atom stereocenters. The molecule has 3 rings (SSSR count). The fourth-order valence-electron chi connectivity index (χ4n) is 3.60. The third kappa shape index (κ3) is 4.67. The maximum Gasteiger partial charge on any atom is 0.0302 e. The van der Waals surface area contributed by atoms with Gasteiger partial charge in [-0.15, -0.1) is 0 Å². The first-order valence-electron chi connectivity index (χ1n) is 9.26.